The molecule has 0 fully saturated rings. The first-order valence-corrected chi connectivity index (χ1v) is 9.62. The number of unbranched alkanes of at least 4 members (excludes halogenated alkanes) is 1. The number of hydrazine groups is 1. The fourth-order valence-corrected chi connectivity index (χ4v) is 2.79. The van der Waals surface area contributed by atoms with Gasteiger partial charge in [-0.1, -0.05) is 58.4 Å². The predicted molar refractivity (Wildman–Crippen MR) is 112 cm³/mol. The number of hydrogen-bond acceptors (Lipinski definition) is 4. The Kier molecular flexibility index (Phi) is 7.09. The van der Waals surface area contributed by atoms with Crippen LogP contribution in [0.5, 0.6) is 0 Å². The zero-order valence-corrected chi connectivity index (χ0v) is 17.3. The van der Waals surface area contributed by atoms with E-state index in [1.54, 1.807) is 18.2 Å². The molecule has 29 heavy (non-hydrogen) atoms. The Hall–Kier alpha value is -3.22. The largest absolute Gasteiger partial charge is 0.282 e. The van der Waals surface area contributed by atoms with E-state index in [9.17, 15) is 19.7 Å². The number of nitro benzene ring substituents is 1. The molecule has 0 spiro atoms. The lowest BCUT2D eigenvalue weighted by atomic mass is 9.87. The van der Waals surface area contributed by atoms with E-state index in [4.69, 9.17) is 0 Å². The molecule has 0 aliphatic heterocycles. The molecule has 0 aliphatic rings. The fraction of sp³-hybridized carbons (Fsp3) is 0.364. The van der Waals surface area contributed by atoms with E-state index in [1.807, 2.05) is 19.1 Å². The zero-order chi connectivity index (χ0) is 21.6. The first kappa shape index (κ1) is 22.1. The molecule has 0 radical (unpaired) electrons. The number of nitrogens with one attached hydrogen (secondary N) is 1. The van der Waals surface area contributed by atoms with E-state index in [2.05, 4.69) is 26.2 Å². The van der Waals surface area contributed by atoms with Gasteiger partial charge < -0.3 is 0 Å². The number of rotatable bonds is 6. The second kappa shape index (κ2) is 9.32. The third kappa shape index (κ3) is 5.63. The summed E-state index contributed by atoms with van der Waals surface area (Å²) in [7, 11) is 0. The molecule has 2 rings (SSSR count). The number of amides is 2. The van der Waals surface area contributed by atoms with Crippen LogP contribution in [0.25, 0.3) is 0 Å². The molecule has 7 nitrogen and oxygen atoms in total. The van der Waals surface area contributed by atoms with Crippen LogP contribution in [0.4, 0.5) is 5.69 Å². The van der Waals surface area contributed by atoms with Crippen molar-refractivity contribution in [3.63, 3.8) is 0 Å². The predicted octanol–water partition coefficient (Wildman–Crippen LogP) is 4.48. The lowest BCUT2D eigenvalue weighted by molar-refractivity contribution is -0.385. The number of benzene rings is 2. The Morgan fingerprint density at radius 1 is 1.07 bits per heavy atom. The average Bonchev–Trinajstić information content (AvgIpc) is 2.69. The Labute approximate surface area is 170 Å². The van der Waals surface area contributed by atoms with Crippen molar-refractivity contribution >= 4 is 17.5 Å². The van der Waals surface area contributed by atoms with Gasteiger partial charge in [0.1, 0.15) is 5.56 Å². The fourth-order valence-electron chi connectivity index (χ4n) is 2.79. The molecule has 0 bridgehead atoms. The van der Waals surface area contributed by atoms with Gasteiger partial charge in [-0.15, -0.1) is 0 Å². The van der Waals surface area contributed by atoms with Gasteiger partial charge >= 0.3 is 0 Å². The van der Waals surface area contributed by atoms with Crippen molar-refractivity contribution < 1.29 is 14.5 Å². The van der Waals surface area contributed by atoms with Gasteiger partial charge in [0.25, 0.3) is 17.5 Å². The maximum Gasteiger partial charge on any atom is 0.282 e. The molecule has 0 aromatic heterocycles. The molecule has 154 valence electrons. The van der Waals surface area contributed by atoms with Crippen molar-refractivity contribution in [3.8, 4) is 0 Å². The van der Waals surface area contributed by atoms with E-state index in [-0.39, 0.29) is 23.2 Å². The normalized spacial score (nSPS) is 11.0. The number of nitro groups is 1. The van der Waals surface area contributed by atoms with Gasteiger partial charge in [0.15, 0.2) is 0 Å². The summed E-state index contributed by atoms with van der Waals surface area (Å²) in [4.78, 5) is 36.3. The first-order chi connectivity index (χ1) is 13.6. The highest BCUT2D eigenvalue weighted by molar-refractivity contribution is 6.01. The minimum atomic E-state index is -0.606. The van der Waals surface area contributed by atoms with Gasteiger partial charge in [-0.3, -0.25) is 25.1 Å². The standard InChI is InChI=1S/C22H27N3O4/c1-5-6-15-24(21(27)18-9-7-8-10-19(18)25(28)29)23-20(26)16-11-13-17(14-12-16)22(2,3)4/h7-14H,5-6,15H2,1-4H3,(H,23,26). The topological polar surface area (TPSA) is 92.6 Å². The van der Waals surface area contributed by atoms with Crippen LogP contribution in [-0.2, 0) is 5.41 Å². The molecule has 7 heteroatoms. The highest BCUT2D eigenvalue weighted by Crippen LogP contribution is 2.22. The number of hydrogen-bond donors (Lipinski definition) is 1. The highest BCUT2D eigenvalue weighted by Gasteiger charge is 2.25. The SMILES string of the molecule is CCCCN(NC(=O)c1ccc(C(C)(C)C)cc1)C(=O)c1ccccc1[N+](=O)[O-]. The molecular formula is C22H27N3O4. The second-order valence-corrected chi connectivity index (χ2v) is 7.85. The van der Waals surface area contributed by atoms with Gasteiger partial charge in [0.2, 0.25) is 0 Å². The summed E-state index contributed by atoms with van der Waals surface area (Å²) in [6.07, 6.45) is 1.45. The van der Waals surface area contributed by atoms with Gasteiger partial charge in [-0.05, 0) is 35.6 Å². The van der Waals surface area contributed by atoms with Crippen LogP contribution in [0.15, 0.2) is 48.5 Å². The van der Waals surface area contributed by atoms with Crippen molar-refractivity contribution in [2.75, 3.05) is 6.54 Å². The summed E-state index contributed by atoms with van der Waals surface area (Å²) in [6, 6.07) is 12.9. The second-order valence-electron chi connectivity index (χ2n) is 7.85. The molecule has 0 atom stereocenters. The van der Waals surface area contributed by atoms with E-state index in [1.165, 1.54) is 18.2 Å². The Morgan fingerprint density at radius 3 is 2.24 bits per heavy atom. The molecule has 2 aromatic rings. The third-order valence-electron chi connectivity index (χ3n) is 4.56. The molecule has 0 unspecified atom stereocenters. The maximum atomic E-state index is 12.9. The number of carbonyl (C=O) groups is 2. The number of nitrogens with zero attached hydrogens (tertiary/aromatic N) is 2. The maximum absolute atomic E-state index is 12.9. The molecule has 1 N–H and O–H groups in total. The number of carbonyl (C=O) groups excluding carboxylic acids is 2. The number of para-hydroxylation sites is 1. The summed E-state index contributed by atoms with van der Waals surface area (Å²) in [5.41, 5.74) is 3.73. The summed E-state index contributed by atoms with van der Waals surface area (Å²) in [5, 5.41) is 12.4. The van der Waals surface area contributed by atoms with Crippen LogP contribution in [0.3, 0.4) is 0 Å². The minimum Gasteiger partial charge on any atom is -0.267 e. The average molecular weight is 397 g/mol. The van der Waals surface area contributed by atoms with Crippen molar-refractivity contribution in [1.82, 2.24) is 10.4 Å². The minimum absolute atomic E-state index is 0.0373. The van der Waals surface area contributed by atoms with Crippen LogP contribution in [0, 0.1) is 10.1 Å². The molecule has 0 saturated carbocycles. The molecular weight excluding hydrogens is 370 g/mol. The molecule has 0 saturated heterocycles. The van der Waals surface area contributed by atoms with Gasteiger partial charge in [-0.2, -0.15) is 0 Å². The lowest BCUT2D eigenvalue weighted by Crippen LogP contribution is -2.46. The van der Waals surface area contributed by atoms with Crippen LogP contribution in [-0.4, -0.2) is 28.3 Å². The molecule has 2 amide bonds. The van der Waals surface area contributed by atoms with Crippen LogP contribution in [0.2, 0.25) is 0 Å². The zero-order valence-electron chi connectivity index (χ0n) is 17.3. The summed E-state index contributed by atoms with van der Waals surface area (Å²) in [6.45, 7) is 8.47. The van der Waals surface area contributed by atoms with E-state index < -0.39 is 16.7 Å². The lowest BCUT2D eigenvalue weighted by Gasteiger charge is -2.24. The van der Waals surface area contributed by atoms with E-state index >= 15 is 0 Å². The van der Waals surface area contributed by atoms with Gasteiger partial charge in [0, 0.05) is 18.2 Å². The van der Waals surface area contributed by atoms with Crippen molar-refractivity contribution in [2.45, 2.75) is 46.0 Å². The monoisotopic (exact) mass is 397 g/mol. The van der Waals surface area contributed by atoms with Crippen LogP contribution >= 0.6 is 0 Å². The Bertz CT molecular complexity index is 886. The quantitative estimate of drug-likeness (QED) is 0.574. The first-order valence-electron chi connectivity index (χ1n) is 9.62. The summed E-state index contributed by atoms with van der Waals surface area (Å²) in [5.74, 6) is -1.04. The molecule has 2 aromatic carbocycles. The van der Waals surface area contributed by atoms with Crippen molar-refractivity contribution in [2.24, 2.45) is 0 Å². The van der Waals surface area contributed by atoms with Crippen LogP contribution < -0.4 is 5.43 Å². The van der Waals surface area contributed by atoms with Crippen molar-refractivity contribution in [1.29, 1.82) is 0 Å². The van der Waals surface area contributed by atoms with Gasteiger partial charge in [0.05, 0.1) is 4.92 Å². The Morgan fingerprint density at radius 2 is 1.69 bits per heavy atom. The molecule has 0 aliphatic carbocycles. The Balaban J connectivity index is 2.25. The summed E-state index contributed by atoms with van der Waals surface area (Å²) >= 11 is 0. The van der Waals surface area contributed by atoms with Gasteiger partial charge in [-0.25, -0.2) is 5.01 Å². The van der Waals surface area contributed by atoms with Crippen LogP contribution in [0.1, 0.15) is 66.8 Å². The third-order valence-corrected chi connectivity index (χ3v) is 4.56. The van der Waals surface area contributed by atoms with E-state index in [0.717, 1.165) is 17.0 Å². The molecule has 0 heterocycles. The van der Waals surface area contributed by atoms with E-state index in [0.29, 0.717) is 12.0 Å². The highest BCUT2D eigenvalue weighted by atomic mass is 16.6. The summed E-state index contributed by atoms with van der Waals surface area (Å²) < 4.78 is 0. The smallest absolute Gasteiger partial charge is 0.267 e. The van der Waals surface area contributed by atoms with Crippen molar-refractivity contribution in [3.05, 3.63) is 75.3 Å².